The summed E-state index contributed by atoms with van der Waals surface area (Å²) < 4.78 is 0. The summed E-state index contributed by atoms with van der Waals surface area (Å²) in [5.74, 6) is 0.691. The van der Waals surface area contributed by atoms with Gasteiger partial charge in [0, 0.05) is 11.6 Å². The molecule has 1 unspecified atom stereocenters. The van der Waals surface area contributed by atoms with Crippen molar-refractivity contribution in [3.05, 3.63) is 39.4 Å². The minimum Gasteiger partial charge on any atom is -0.330 e. The normalized spacial score (nSPS) is 23.0. The van der Waals surface area contributed by atoms with Gasteiger partial charge >= 0.3 is 0 Å². The van der Waals surface area contributed by atoms with Gasteiger partial charge in [0.15, 0.2) is 0 Å². The molecule has 3 rings (SSSR count). The van der Waals surface area contributed by atoms with Crippen LogP contribution in [0.2, 0.25) is 5.02 Å². The Balaban J connectivity index is 1.86. The quantitative estimate of drug-likeness (QED) is 0.906. The fraction of sp³-hybridized carbons (Fsp3) is 0.467. The zero-order valence-corrected chi connectivity index (χ0v) is 12.8. The number of nitrogens with one attached hydrogen (secondary N) is 1. The molecule has 1 saturated heterocycles. The van der Waals surface area contributed by atoms with Gasteiger partial charge in [-0.15, -0.1) is 0 Å². The number of nitrogens with zero attached hydrogens (tertiary/aromatic N) is 2. The summed E-state index contributed by atoms with van der Waals surface area (Å²) in [7, 11) is 0. The molecule has 3 N–H and O–H groups in total. The number of H-pyrrole nitrogens is 1. The van der Waals surface area contributed by atoms with Crippen molar-refractivity contribution in [2.45, 2.75) is 19.9 Å². The van der Waals surface area contributed by atoms with E-state index < -0.39 is 0 Å². The van der Waals surface area contributed by atoms with Crippen LogP contribution < -0.4 is 11.3 Å². The van der Waals surface area contributed by atoms with Crippen LogP contribution in [-0.4, -0.2) is 34.5 Å². The van der Waals surface area contributed by atoms with Gasteiger partial charge in [-0.25, -0.2) is 4.98 Å². The van der Waals surface area contributed by atoms with Crippen molar-refractivity contribution in [3.8, 4) is 0 Å². The molecule has 1 atom stereocenters. The maximum Gasteiger partial charge on any atom is 0.258 e. The summed E-state index contributed by atoms with van der Waals surface area (Å²) in [6, 6.07) is 5.18. The molecule has 0 radical (unpaired) electrons. The van der Waals surface area contributed by atoms with Gasteiger partial charge in [-0.2, -0.15) is 0 Å². The first kappa shape index (κ1) is 14.5. The lowest BCUT2D eigenvalue weighted by atomic mass is 9.90. The average Bonchev–Trinajstić information content (AvgIpc) is 2.82. The number of benzene rings is 1. The highest BCUT2D eigenvalue weighted by Crippen LogP contribution is 2.29. The Hall–Kier alpha value is -1.43. The van der Waals surface area contributed by atoms with E-state index in [1.165, 1.54) is 0 Å². The molecule has 1 aromatic carbocycles. The number of aromatic amines is 1. The van der Waals surface area contributed by atoms with E-state index in [1.54, 1.807) is 18.2 Å². The maximum atomic E-state index is 12.1. The molecule has 0 aliphatic carbocycles. The van der Waals surface area contributed by atoms with Crippen LogP contribution in [-0.2, 0) is 6.54 Å². The molecule has 0 bridgehead atoms. The zero-order chi connectivity index (χ0) is 15.0. The largest absolute Gasteiger partial charge is 0.330 e. The molecule has 5 nitrogen and oxygen atoms in total. The predicted molar refractivity (Wildman–Crippen MR) is 84.4 cm³/mol. The highest BCUT2D eigenvalue weighted by Gasteiger charge is 2.32. The Bertz CT molecular complexity index is 729. The molecule has 2 aromatic rings. The fourth-order valence-corrected chi connectivity index (χ4v) is 3.05. The molecule has 6 heteroatoms. The standard InChI is InChI=1S/C15H19ClN4O/c1-15(8-17)4-5-20(9-15)7-13-18-12-3-2-10(16)6-11(12)14(21)19-13/h2-3,6H,4-5,7-9,17H2,1H3,(H,18,19,21). The van der Waals surface area contributed by atoms with Crippen molar-refractivity contribution < 1.29 is 0 Å². The number of nitrogens with two attached hydrogens (primary N) is 1. The van der Waals surface area contributed by atoms with Gasteiger partial charge in [-0.3, -0.25) is 9.69 Å². The topological polar surface area (TPSA) is 75.0 Å². The average molecular weight is 307 g/mol. The Morgan fingerprint density at radius 2 is 2.33 bits per heavy atom. The van der Waals surface area contributed by atoms with Crippen molar-refractivity contribution in [2.24, 2.45) is 11.1 Å². The highest BCUT2D eigenvalue weighted by atomic mass is 35.5. The van der Waals surface area contributed by atoms with Crippen LogP contribution in [0.1, 0.15) is 19.2 Å². The molecular formula is C15H19ClN4O. The lowest BCUT2D eigenvalue weighted by molar-refractivity contribution is 0.269. The molecule has 112 valence electrons. The van der Waals surface area contributed by atoms with E-state index in [-0.39, 0.29) is 11.0 Å². The second kappa shape index (κ2) is 5.40. The minimum atomic E-state index is -0.140. The van der Waals surface area contributed by atoms with E-state index in [4.69, 9.17) is 17.3 Å². The van der Waals surface area contributed by atoms with E-state index in [0.717, 1.165) is 19.5 Å². The van der Waals surface area contributed by atoms with E-state index in [9.17, 15) is 4.79 Å². The SMILES string of the molecule is CC1(CN)CCN(Cc2nc3ccc(Cl)cc3c(=O)[nH]2)C1. The van der Waals surface area contributed by atoms with Crippen LogP contribution >= 0.6 is 11.6 Å². The molecule has 0 spiro atoms. The molecular weight excluding hydrogens is 288 g/mol. The second-order valence-electron chi connectivity index (χ2n) is 6.15. The maximum absolute atomic E-state index is 12.1. The van der Waals surface area contributed by atoms with E-state index >= 15 is 0 Å². The third-order valence-corrected chi connectivity index (χ3v) is 4.45. The van der Waals surface area contributed by atoms with Crippen molar-refractivity contribution in [3.63, 3.8) is 0 Å². The lowest BCUT2D eigenvalue weighted by Crippen LogP contribution is -2.31. The van der Waals surface area contributed by atoms with E-state index in [1.807, 2.05) is 0 Å². The van der Waals surface area contributed by atoms with Crippen molar-refractivity contribution in [1.29, 1.82) is 0 Å². The van der Waals surface area contributed by atoms with E-state index in [2.05, 4.69) is 21.8 Å². The van der Waals surface area contributed by atoms with Gasteiger partial charge in [-0.1, -0.05) is 18.5 Å². The van der Waals surface area contributed by atoms with Gasteiger partial charge in [-0.05, 0) is 43.1 Å². The molecule has 0 amide bonds. The van der Waals surface area contributed by atoms with Gasteiger partial charge in [0.05, 0.1) is 17.4 Å². The third-order valence-electron chi connectivity index (χ3n) is 4.22. The van der Waals surface area contributed by atoms with E-state index in [0.29, 0.717) is 34.8 Å². The molecule has 1 aliphatic heterocycles. The Kier molecular flexibility index (Phi) is 3.73. The summed E-state index contributed by atoms with van der Waals surface area (Å²) in [6.45, 7) is 5.44. The van der Waals surface area contributed by atoms with Crippen LogP contribution in [0.15, 0.2) is 23.0 Å². The first-order chi connectivity index (χ1) is 9.99. The van der Waals surface area contributed by atoms with Crippen LogP contribution in [0.25, 0.3) is 10.9 Å². The summed E-state index contributed by atoms with van der Waals surface area (Å²) in [4.78, 5) is 21.8. The summed E-state index contributed by atoms with van der Waals surface area (Å²) in [5, 5.41) is 1.07. The van der Waals surface area contributed by atoms with Crippen LogP contribution in [0.4, 0.5) is 0 Å². The molecule has 1 aromatic heterocycles. The second-order valence-corrected chi connectivity index (χ2v) is 6.59. The van der Waals surface area contributed by atoms with Crippen LogP contribution in [0.3, 0.4) is 0 Å². The van der Waals surface area contributed by atoms with Crippen LogP contribution in [0, 0.1) is 5.41 Å². The number of hydrogen-bond acceptors (Lipinski definition) is 4. The molecule has 1 fully saturated rings. The van der Waals surface area contributed by atoms with Crippen molar-refractivity contribution in [1.82, 2.24) is 14.9 Å². The summed E-state index contributed by atoms with van der Waals surface area (Å²) >= 11 is 5.91. The Labute approximate surface area is 128 Å². The van der Waals surface area contributed by atoms with Gasteiger partial charge in [0.25, 0.3) is 5.56 Å². The smallest absolute Gasteiger partial charge is 0.258 e. The number of halogens is 1. The number of rotatable bonds is 3. The molecule has 0 saturated carbocycles. The monoisotopic (exact) mass is 306 g/mol. The lowest BCUT2D eigenvalue weighted by Gasteiger charge is -2.22. The van der Waals surface area contributed by atoms with Crippen molar-refractivity contribution >= 4 is 22.5 Å². The zero-order valence-electron chi connectivity index (χ0n) is 12.0. The predicted octanol–water partition coefficient (Wildman–Crippen LogP) is 1.75. The molecule has 1 aliphatic rings. The van der Waals surface area contributed by atoms with Gasteiger partial charge in [0.2, 0.25) is 0 Å². The van der Waals surface area contributed by atoms with Crippen LogP contribution in [0.5, 0.6) is 0 Å². The summed E-state index contributed by atoms with van der Waals surface area (Å²) in [6.07, 6.45) is 1.08. The fourth-order valence-electron chi connectivity index (χ4n) is 2.87. The first-order valence-corrected chi connectivity index (χ1v) is 7.48. The highest BCUT2D eigenvalue weighted by molar-refractivity contribution is 6.31. The van der Waals surface area contributed by atoms with Gasteiger partial charge < -0.3 is 10.7 Å². The minimum absolute atomic E-state index is 0.140. The van der Waals surface area contributed by atoms with Gasteiger partial charge in [0.1, 0.15) is 5.82 Å². The number of aromatic nitrogens is 2. The third kappa shape index (κ3) is 2.95. The summed E-state index contributed by atoms with van der Waals surface area (Å²) in [5.41, 5.74) is 6.53. The Morgan fingerprint density at radius 1 is 1.52 bits per heavy atom. The first-order valence-electron chi connectivity index (χ1n) is 7.10. The molecule has 2 heterocycles. The number of fused-ring (bicyclic) bond motifs is 1. The van der Waals surface area contributed by atoms with Crippen molar-refractivity contribution in [2.75, 3.05) is 19.6 Å². The number of likely N-dealkylation sites (tertiary alicyclic amines) is 1. The number of hydrogen-bond donors (Lipinski definition) is 2. The Morgan fingerprint density at radius 3 is 3.05 bits per heavy atom. The molecule has 21 heavy (non-hydrogen) atoms.